The van der Waals surface area contributed by atoms with Gasteiger partial charge in [-0.3, -0.25) is 14.3 Å². The van der Waals surface area contributed by atoms with E-state index in [9.17, 15) is 18.4 Å². The summed E-state index contributed by atoms with van der Waals surface area (Å²) < 4.78 is 77.7. The molecule has 38 heavy (non-hydrogen) atoms. The summed E-state index contributed by atoms with van der Waals surface area (Å²) in [5.74, 6) is -2.90. The van der Waals surface area contributed by atoms with Gasteiger partial charge in [0.15, 0.2) is 11.6 Å². The van der Waals surface area contributed by atoms with Crippen molar-refractivity contribution in [1.82, 2.24) is 19.6 Å². The summed E-state index contributed by atoms with van der Waals surface area (Å²) in [6.07, 6.45) is 3.19. The van der Waals surface area contributed by atoms with Crippen LogP contribution in [0.25, 0.3) is 16.6 Å². The minimum absolute atomic E-state index is 0.111. The maximum Gasteiger partial charge on any atom is 0.276 e. The molecule has 1 saturated heterocycles. The molecule has 3 heterocycles. The Morgan fingerprint density at radius 2 is 1.92 bits per heavy atom. The lowest BCUT2D eigenvalue weighted by molar-refractivity contribution is 0.102. The first-order valence-electron chi connectivity index (χ1n) is 15.0. The minimum Gasteiger partial charge on any atom is -0.367 e. The molecule has 0 unspecified atom stereocenters. The van der Waals surface area contributed by atoms with Gasteiger partial charge in [0.05, 0.1) is 23.1 Å². The van der Waals surface area contributed by atoms with Gasteiger partial charge in [0, 0.05) is 50.3 Å². The SMILES string of the molecule is [2H]C([2H])([2H])C(n1ncc2c(N3C[C@H](N)C4(CC4)C3)c(NC(=O)c3ccc(=O)n(-c4c(F)cccc4F)n3)ccc21)C([2H])([2H])[2H]. The molecule has 0 radical (unpaired) electrons. The van der Waals surface area contributed by atoms with Crippen molar-refractivity contribution in [2.24, 2.45) is 11.1 Å². The lowest BCUT2D eigenvalue weighted by Crippen LogP contribution is -2.30. The van der Waals surface area contributed by atoms with E-state index >= 15 is 0 Å². The van der Waals surface area contributed by atoms with E-state index in [0.29, 0.717) is 28.8 Å². The third-order valence-electron chi connectivity index (χ3n) is 7.35. The van der Waals surface area contributed by atoms with Crippen molar-refractivity contribution in [3.8, 4) is 5.69 Å². The molecular weight excluding hydrogens is 492 g/mol. The number of benzene rings is 2. The number of amides is 1. The third-order valence-corrected chi connectivity index (χ3v) is 7.35. The molecule has 196 valence electrons. The van der Waals surface area contributed by atoms with Crippen molar-refractivity contribution >= 4 is 28.2 Å². The van der Waals surface area contributed by atoms with Crippen molar-refractivity contribution in [2.75, 3.05) is 23.3 Å². The summed E-state index contributed by atoms with van der Waals surface area (Å²) >= 11 is 0. The van der Waals surface area contributed by atoms with Crippen LogP contribution in [-0.4, -0.2) is 44.6 Å². The molecule has 2 aromatic heterocycles. The zero-order valence-electron chi connectivity index (χ0n) is 26.0. The van der Waals surface area contributed by atoms with Gasteiger partial charge in [-0.05, 0) is 56.9 Å². The predicted molar refractivity (Wildman–Crippen MR) is 140 cm³/mol. The smallest absolute Gasteiger partial charge is 0.276 e. The van der Waals surface area contributed by atoms with Crippen LogP contribution in [0.15, 0.2) is 53.5 Å². The molecular formula is C27H27F2N7O2. The van der Waals surface area contributed by atoms with Crippen molar-refractivity contribution in [3.05, 3.63) is 76.3 Å². The normalized spacial score (nSPS) is 21.1. The topological polar surface area (TPSA) is 111 Å². The van der Waals surface area contributed by atoms with Crippen LogP contribution >= 0.6 is 0 Å². The second-order valence-electron chi connectivity index (χ2n) is 9.73. The van der Waals surface area contributed by atoms with Gasteiger partial charge in [0.2, 0.25) is 0 Å². The summed E-state index contributed by atoms with van der Waals surface area (Å²) in [5.41, 5.74) is 5.36. The number of fused-ring (bicyclic) bond motifs is 1. The van der Waals surface area contributed by atoms with Gasteiger partial charge in [-0.25, -0.2) is 8.78 Å². The molecule has 6 rings (SSSR count). The number of hydrogen-bond acceptors (Lipinski definition) is 6. The zero-order chi connectivity index (χ0) is 31.8. The fraction of sp³-hybridized carbons (Fsp3) is 0.333. The second kappa shape index (κ2) is 8.73. The number of aromatic nitrogens is 4. The van der Waals surface area contributed by atoms with Gasteiger partial charge in [0.1, 0.15) is 11.4 Å². The average Bonchev–Trinajstić information content (AvgIpc) is 3.49. The van der Waals surface area contributed by atoms with Gasteiger partial charge in [-0.1, -0.05) is 6.07 Å². The Labute approximate surface area is 225 Å². The highest BCUT2D eigenvalue weighted by molar-refractivity contribution is 6.09. The molecule has 1 spiro atoms. The number of carbonyl (C=O) groups is 1. The Balaban J connectivity index is 1.44. The number of carbonyl (C=O) groups excluding carboxylic acids is 1. The lowest BCUT2D eigenvalue weighted by Gasteiger charge is -2.23. The van der Waals surface area contributed by atoms with Crippen LogP contribution in [0.2, 0.25) is 0 Å². The fourth-order valence-corrected chi connectivity index (χ4v) is 5.18. The number of rotatable bonds is 5. The van der Waals surface area contributed by atoms with E-state index in [1.807, 2.05) is 4.90 Å². The van der Waals surface area contributed by atoms with Crippen LogP contribution in [0.5, 0.6) is 0 Å². The minimum atomic E-state index is -2.90. The van der Waals surface area contributed by atoms with Crippen LogP contribution in [0.1, 0.15) is 51.3 Å². The fourth-order valence-electron chi connectivity index (χ4n) is 5.18. The van der Waals surface area contributed by atoms with E-state index in [1.165, 1.54) is 18.3 Å². The molecule has 1 atom stereocenters. The highest BCUT2D eigenvalue weighted by Crippen LogP contribution is 2.54. The van der Waals surface area contributed by atoms with E-state index in [1.54, 1.807) is 0 Å². The van der Waals surface area contributed by atoms with Crippen LogP contribution in [0.3, 0.4) is 0 Å². The molecule has 0 bridgehead atoms. The van der Waals surface area contributed by atoms with E-state index in [4.69, 9.17) is 14.0 Å². The first-order chi connectivity index (χ1) is 20.6. The number of anilines is 2. The van der Waals surface area contributed by atoms with E-state index in [0.717, 1.165) is 47.9 Å². The predicted octanol–water partition coefficient (Wildman–Crippen LogP) is 3.62. The highest BCUT2D eigenvalue weighted by Gasteiger charge is 2.54. The number of para-hydroxylation sites is 1. The average molecular weight is 526 g/mol. The van der Waals surface area contributed by atoms with Crippen LogP contribution in [-0.2, 0) is 0 Å². The molecule has 4 aromatic rings. The summed E-state index contributed by atoms with van der Waals surface area (Å²) in [5, 5.41) is 11.2. The Bertz CT molecular complexity index is 1820. The van der Waals surface area contributed by atoms with E-state index in [-0.39, 0.29) is 28.4 Å². The van der Waals surface area contributed by atoms with Crippen molar-refractivity contribution in [3.63, 3.8) is 0 Å². The number of hydrogen-bond donors (Lipinski definition) is 2. The third kappa shape index (κ3) is 3.85. The summed E-state index contributed by atoms with van der Waals surface area (Å²) in [6.45, 7) is -4.86. The summed E-state index contributed by atoms with van der Waals surface area (Å²) in [7, 11) is 0. The van der Waals surface area contributed by atoms with E-state index < -0.39 is 48.5 Å². The van der Waals surface area contributed by atoms with Crippen molar-refractivity contribution in [1.29, 1.82) is 0 Å². The molecule has 11 heteroatoms. The van der Waals surface area contributed by atoms with Gasteiger partial charge >= 0.3 is 0 Å². The van der Waals surface area contributed by atoms with Crippen molar-refractivity contribution < 1.29 is 21.8 Å². The number of nitrogens with one attached hydrogen (secondary N) is 1. The zero-order valence-corrected chi connectivity index (χ0v) is 20.0. The number of halogens is 2. The monoisotopic (exact) mass is 525 g/mol. The largest absolute Gasteiger partial charge is 0.367 e. The number of nitrogens with zero attached hydrogens (tertiary/aromatic N) is 5. The molecule has 9 nitrogen and oxygen atoms in total. The standard InChI is InChI=1S/C27H27F2N7O2/c1-15(2)35-21-8-6-19(24(16(21)12-31-35)34-13-22(30)27(14-34)10-11-27)32-26(38)20-7-9-23(37)36(33-20)25-17(28)4-3-5-18(25)29/h3-9,12,15,22H,10-11,13-14,30H2,1-2H3,(H,32,38)/t22-/m0/s1/i1D3,2D3. The first kappa shape index (κ1) is 18.2. The van der Waals surface area contributed by atoms with Gasteiger partial charge in [-0.15, -0.1) is 0 Å². The first-order valence-corrected chi connectivity index (χ1v) is 12.0. The Hall–Kier alpha value is -4.12. The van der Waals surface area contributed by atoms with Gasteiger partial charge < -0.3 is 16.0 Å². The molecule has 1 aliphatic carbocycles. The Morgan fingerprint density at radius 1 is 1.16 bits per heavy atom. The quantitative estimate of drug-likeness (QED) is 0.412. The molecule has 2 fully saturated rings. The maximum absolute atomic E-state index is 14.4. The second-order valence-corrected chi connectivity index (χ2v) is 9.73. The van der Waals surface area contributed by atoms with Crippen LogP contribution in [0.4, 0.5) is 20.2 Å². The highest BCUT2D eigenvalue weighted by atomic mass is 19.1. The maximum atomic E-state index is 14.4. The Kier molecular flexibility index (Phi) is 4.18. The van der Waals surface area contributed by atoms with Crippen LogP contribution in [0, 0.1) is 17.0 Å². The molecule has 1 saturated carbocycles. The summed E-state index contributed by atoms with van der Waals surface area (Å²) in [6, 6.07) is 5.96. The number of nitrogens with two attached hydrogens (primary N) is 1. The van der Waals surface area contributed by atoms with E-state index in [2.05, 4.69) is 15.5 Å². The van der Waals surface area contributed by atoms with Gasteiger partial charge in [-0.2, -0.15) is 14.9 Å². The molecule has 3 N–H and O–H groups in total. The summed E-state index contributed by atoms with van der Waals surface area (Å²) in [4.78, 5) is 27.9. The lowest BCUT2D eigenvalue weighted by atomic mass is 10.0. The molecule has 1 aliphatic heterocycles. The molecule has 2 aromatic carbocycles. The van der Waals surface area contributed by atoms with Gasteiger partial charge in [0.25, 0.3) is 11.5 Å². The molecule has 1 amide bonds. The van der Waals surface area contributed by atoms with Crippen molar-refractivity contribution in [2.45, 2.75) is 38.6 Å². The van der Waals surface area contributed by atoms with Crippen LogP contribution < -0.4 is 21.5 Å². The molecule has 2 aliphatic rings. The Morgan fingerprint density at radius 3 is 2.61 bits per heavy atom.